The van der Waals surface area contributed by atoms with Crippen molar-refractivity contribution in [3.05, 3.63) is 26.3 Å². The summed E-state index contributed by atoms with van der Waals surface area (Å²) < 4.78 is 0.660. The van der Waals surface area contributed by atoms with Crippen LogP contribution in [0, 0.1) is 23.0 Å². The maximum Gasteiger partial charge on any atom is 0.291 e. The molecule has 0 fully saturated rings. The van der Waals surface area contributed by atoms with Gasteiger partial charge in [-0.05, 0) is 42.1 Å². The zero-order chi connectivity index (χ0) is 13.9. The summed E-state index contributed by atoms with van der Waals surface area (Å²) in [6.45, 7) is 8.09. The Morgan fingerprint density at radius 1 is 1.50 bits per heavy atom. The zero-order valence-corrected chi connectivity index (χ0v) is 12.6. The van der Waals surface area contributed by atoms with Gasteiger partial charge in [-0.1, -0.05) is 13.8 Å². The van der Waals surface area contributed by atoms with Gasteiger partial charge in [0.15, 0.2) is 0 Å². The van der Waals surface area contributed by atoms with Gasteiger partial charge in [-0.15, -0.1) is 0 Å². The number of anilines is 1. The van der Waals surface area contributed by atoms with Crippen molar-refractivity contribution in [2.45, 2.75) is 40.2 Å². The summed E-state index contributed by atoms with van der Waals surface area (Å²) in [5.41, 5.74) is 0.623. The molecule has 1 heterocycles. The fourth-order valence-electron chi connectivity index (χ4n) is 1.85. The monoisotopic (exact) mass is 315 g/mol. The van der Waals surface area contributed by atoms with Crippen molar-refractivity contribution < 1.29 is 4.92 Å². The largest absolute Gasteiger partial charge is 0.367 e. The topological polar surface area (TPSA) is 68.1 Å². The molecule has 6 heteroatoms. The van der Waals surface area contributed by atoms with Crippen LogP contribution < -0.4 is 5.32 Å². The third-order valence-electron chi connectivity index (χ3n) is 2.64. The van der Waals surface area contributed by atoms with Gasteiger partial charge < -0.3 is 5.32 Å². The average Bonchev–Trinajstić information content (AvgIpc) is 2.23. The van der Waals surface area contributed by atoms with Gasteiger partial charge >= 0.3 is 0 Å². The molecule has 0 saturated heterocycles. The van der Waals surface area contributed by atoms with Crippen LogP contribution in [0.1, 0.15) is 32.8 Å². The predicted molar refractivity (Wildman–Crippen MR) is 75.9 cm³/mol. The molecule has 0 aliphatic heterocycles. The molecule has 100 valence electrons. The van der Waals surface area contributed by atoms with Gasteiger partial charge in [-0.2, -0.15) is 0 Å². The van der Waals surface area contributed by atoms with E-state index in [2.05, 4.69) is 47.0 Å². The summed E-state index contributed by atoms with van der Waals surface area (Å²) in [5, 5.41) is 14.0. The molecule has 1 aromatic rings. The fraction of sp³-hybridized carbons (Fsp3) is 0.583. The Morgan fingerprint density at radius 3 is 2.61 bits per heavy atom. The number of hydrogen-bond acceptors (Lipinski definition) is 4. The van der Waals surface area contributed by atoms with Gasteiger partial charge in [0.2, 0.25) is 0 Å². The van der Waals surface area contributed by atoms with E-state index >= 15 is 0 Å². The SMILES string of the molecule is Cc1c([N+](=O)[O-])cnc(NC(C)CC(C)C)c1Br. The van der Waals surface area contributed by atoms with Crippen molar-refractivity contribution in [1.82, 2.24) is 4.98 Å². The van der Waals surface area contributed by atoms with Crippen LogP contribution in [0.25, 0.3) is 0 Å². The number of nitro groups is 1. The van der Waals surface area contributed by atoms with Crippen molar-refractivity contribution in [2.75, 3.05) is 5.32 Å². The molecule has 1 unspecified atom stereocenters. The van der Waals surface area contributed by atoms with E-state index in [4.69, 9.17) is 0 Å². The Labute approximate surface area is 115 Å². The van der Waals surface area contributed by atoms with Crippen LogP contribution in [-0.4, -0.2) is 15.9 Å². The molecular formula is C12H18BrN3O2. The van der Waals surface area contributed by atoms with Gasteiger partial charge in [-0.3, -0.25) is 10.1 Å². The normalized spacial score (nSPS) is 12.6. The Morgan fingerprint density at radius 2 is 2.11 bits per heavy atom. The summed E-state index contributed by atoms with van der Waals surface area (Å²) in [6.07, 6.45) is 2.31. The van der Waals surface area contributed by atoms with Gasteiger partial charge in [0.1, 0.15) is 12.0 Å². The minimum Gasteiger partial charge on any atom is -0.367 e. The first-order valence-corrected chi connectivity index (χ1v) is 6.68. The van der Waals surface area contributed by atoms with Crippen molar-refractivity contribution in [3.8, 4) is 0 Å². The van der Waals surface area contributed by atoms with E-state index in [0.29, 0.717) is 21.8 Å². The second-order valence-electron chi connectivity index (χ2n) is 4.86. The number of nitrogens with one attached hydrogen (secondary N) is 1. The van der Waals surface area contributed by atoms with Crippen molar-refractivity contribution >= 4 is 27.4 Å². The lowest BCUT2D eigenvalue weighted by Crippen LogP contribution is -2.18. The number of rotatable bonds is 5. The molecule has 0 radical (unpaired) electrons. The average molecular weight is 316 g/mol. The van der Waals surface area contributed by atoms with Crippen LogP contribution in [0.4, 0.5) is 11.5 Å². The Hall–Kier alpha value is -1.17. The molecule has 0 aromatic carbocycles. The Bertz CT molecular complexity index is 449. The first kappa shape index (κ1) is 14.9. The lowest BCUT2D eigenvalue weighted by Gasteiger charge is -2.17. The molecule has 0 spiro atoms. The standard InChI is InChI=1S/C12H18BrN3O2/c1-7(2)5-8(3)15-12-11(13)9(4)10(6-14-12)16(17)18/h6-8H,5H2,1-4H3,(H,14,15). The first-order valence-electron chi connectivity index (χ1n) is 5.89. The molecule has 0 saturated carbocycles. The van der Waals surface area contributed by atoms with Crippen LogP contribution in [-0.2, 0) is 0 Å². The summed E-state index contributed by atoms with van der Waals surface area (Å²) in [4.78, 5) is 14.5. The molecule has 1 N–H and O–H groups in total. The summed E-state index contributed by atoms with van der Waals surface area (Å²) in [5.74, 6) is 1.25. The molecule has 1 atom stereocenters. The molecule has 1 rings (SSSR count). The van der Waals surface area contributed by atoms with E-state index in [1.807, 2.05) is 0 Å². The van der Waals surface area contributed by atoms with Crippen LogP contribution in [0.5, 0.6) is 0 Å². The predicted octanol–water partition coefficient (Wildman–Crippen LogP) is 3.91. The van der Waals surface area contributed by atoms with E-state index in [-0.39, 0.29) is 11.7 Å². The van der Waals surface area contributed by atoms with E-state index in [9.17, 15) is 10.1 Å². The molecule has 0 aliphatic rings. The molecule has 5 nitrogen and oxygen atoms in total. The smallest absolute Gasteiger partial charge is 0.291 e. The minimum atomic E-state index is -0.422. The van der Waals surface area contributed by atoms with Crippen LogP contribution >= 0.6 is 15.9 Å². The summed E-state index contributed by atoms with van der Waals surface area (Å²) >= 11 is 3.36. The van der Waals surface area contributed by atoms with Gasteiger partial charge in [0, 0.05) is 11.6 Å². The van der Waals surface area contributed by atoms with Crippen LogP contribution in [0.2, 0.25) is 0 Å². The molecule has 1 aromatic heterocycles. The molecule has 0 amide bonds. The van der Waals surface area contributed by atoms with E-state index < -0.39 is 4.92 Å². The number of nitrogens with zero attached hydrogens (tertiary/aromatic N) is 2. The first-order chi connectivity index (χ1) is 8.32. The lowest BCUT2D eigenvalue weighted by atomic mass is 10.1. The highest BCUT2D eigenvalue weighted by molar-refractivity contribution is 9.10. The second-order valence-corrected chi connectivity index (χ2v) is 5.66. The van der Waals surface area contributed by atoms with Crippen molar-refractivity contribution in [3.63, 3.8) is 0 Å². The molecule has 18 heavy (non-hydrogen) atoms. The highest BCUT2D eigenvalue weighted by atomic mass is 79.9. The zero-order valence-electron chi connectivity index (χ0n) is 11.0. The third-order valence-corrected chi connectivity index (χ3v) is 3.61. The maximum absolute atomic E-state index is 10.8. The highest BCUT2D eigenvalue weighted by Gasteiger charge is 2.18. The van der Waals surface area contributed by atoms with Crippen LogP contribution in [0.15, 0.2) is 10.7 Å². The van der Waals surface area contributed by atoms with Gasteiger partial charge in [-0.25, -0.2) is 4.98 Å². The Balaban J connectivity index is 2.92. The molecule has 0 aliphatic carbocycles. The number of hydrogen-bond donors (Lipinski definition) is 1. The summed E-state index contributed by atoms with van der Waals surface area (Å²) in [6, 6.07) is 0.273. The molecule has 0 bridgehead atoms. The molecular weight excluding hydrogens is 298 g/mol. The lowest BCUT2D eigenvalue weighted by molar-refractivity contribution is -0.385. The number of aromatic nitrogens is 1. The van der Waals surface area contributed by atoms with Crippen molar-refractivity contribution in [1.29, 1.82) is 0 Å². The maximum atomic E-state index is 10.8. The minimum absolute atomic E-state index is 0.0314. The Kier molecular flexibility index (Phi) is 5.07. The van der Waals surface area contributed by atoms with E-state index in [1.54, 1.807) is 6.92 Å². The number of pyridine rings is 1. The summed E-state index contributed by atoms with van der Waals surface area (Å²) in [7, 11) is 0. The fourth-order valence-corrected chi connectivity index (χ4v) is 2.27. The quantitative estimate of drug-likeness (QED) is 0.660. The number of halogens is 1. The highest BCUT2D eigenvalue weighted by Crippen LogP contribution is 2.31. The van der Waals surface area contributed by atoms with E-state index in [1.165, 1.54) is 6.20 Å². The second kappa shape index (κ2) is 6.13. The van der Waals surface area contributed by atoms with Crippen LogP contribution in [0.3, 0.4) is 0 Å². The third kappa shape index (κ3) is 3.66. The van der Waals surface area contributed by atoms with Crippen molar-refractivity contribution in [2.24, 2.45) is 5.92 Å². The van der Waals surface area contributed by atoms with Gasteiger partial charge in [0.05, 0.1) is 9.40 Å². The van der Waals surface area contributed by atoms with Gasteiger partial charge in [0.25, 0.3) is 5.69 Å². The van der Waals surface area contributed by atoms with E-state index in [0.717, 1.165) is 6.42 Å².